The molecule has 11 heteroatoms. The highest BCUT2D eigenvalue weighted by molar-refractivity contribution is 5.73. The van der Waals surface area contributed by atoms with Crippen molar-refractivity contribution >= 4 is 11.9 Å². The summed E-state index contributed by atoms with van der Waals surface area (Å²) in [5.41, 5.74) is 5.40. The largest absolute Gasteiger partial charge is 0.490 e. The zero-order chi connectivity index (χ0) is 17.1. The van der Waals surface area contributed by atoms with Crippen LogP contribution in [0.3, 0.4) is 0 Å². The third-order valence-electron chi connectivity index (χ3n) is 1.23. The van der Waals surface area contributed by atoms with Gasteiger partial charge >= 0.3 is 24.3 Å². The van der Waals surface area contributed by atoms with Crippen molar-refractivity contribution in [3.05, 3.63) is 0 Å². The van der Waals surface area contributed by atoms with Gasteiger partial charge < -0.3 is 15.9 Å². The van der Waals surface area contributed by atoms with Gasteiger partial charge in [0, 0.05) is 6.04 Å². The lowest BCUT2D eigenvalue weighted by Gasteiger charge is -1.96. The molecule has 122 valence electrons. The predicted molar refractivity (Wildman–Crippen MR) is 55.9 cm³/mol. The third kappa shape index (κ3) is 21.7. The molecule has 0 heterocycles. The van der Waals surface area contributed by atoms with Crippen LogP contribution in [0, 0.1) is 0 Å². The van der Waals surface area contributed by atoms with Gasteiger partial charge in [-0.05, 0) is 13.3 Å². The van der Waals surface area contributed by atoms with E-state index in [1.807, 2.05) is 6.92 Å². The molecule has 0 spiro atoms. The molecule has 0 aliphatic rings. The van der Waals surface area contributed by atoms with Gasteiger partial charge in [0.25, 0.3) is 0 Å². The maximum absolute atomic E-state index is 10.6. The zero-order valence-corrected chi connectivity index (χ0v) is 10.5. The Morgan fingerprint density at radius 3 is 1.20 bits per heavy atom. The molecule has 1 atom stereocenters. The summed E-state index contributed by atoms with van der Waals surface area (Å²) in [6, 6.07) is 0.398. The number of halogens is 6. The molecule has 0 saturated heterocycles. The molecule has 0 bridgehead atoms. The zero-order valence-electron chi connectivity index (χ0n) is 10.5. The van der Waals surface area contributed by atoms with Crippen LogP contribution in [-0.2, 0) is 9.59 Å². The van der Waals surface area contributed by atoms with Crippen molar-refractivity contribution in [2.24, 2.45) is 5.73 Å². The van der Waals surface area contributed by atoms with Gasteiger partial charge in [0.2, 0.25) is 0 Å². The number of alkyl halides is 6. The smallest absolute Gasteiger partial charge is 0.475 e. The van der Waals surface area contributed by atoms with Crippen LogP contribution >= 0.6 is 0 Å². The highest BCUT2D eigenvalue weighted by Crippen LogP contribution is 2.13. The molecule has 0 aliphatic carbocycles. The molecule has 0 aromatic rings. The molecule has 1 unspecified atom stereocenters. The van der Waals surface area contributed by atoms with E-state index in [1.54, 1.807) is 0 Å². The van der Waals surface area contributed by atoms with Gasteiger partial charge in [0.05, 0.1) is 0 Å². The van der Waals surface area contributed by atoms with E-state index in [2.05, 4.69) is 6.92 Å². The number of rotatable bonds is 2. The van der Waals surface area contributed by atoms with E-state index in [-0.39, 0.29) is 0 Å². The van der Waals surface area contributed by atoms with Crippen molar-refractivity contribution in [1.82, 2.24) is 0 Å². The van der Waals surface area contributed by atoms with Crippen LogP contribution in [0.4, 0.5) is 26.3 Å². The topological polar surface area (TPSA) is 101 Å². The summed E-state index contributed by atoms with van der Waals surface area (Å²) in [4.78, 5) is 17.8. The van der Waals surface area contributed by atoms with E-state index in [4.69, 9.17) is 25.5 Å². The number of carbonyl (C=O) groups is 2. The fraction of sp³-hybridized carbons (Fsp3) is 0.778. The van der Waals surface area contributed by atoms with Crippen LogP contribution in [0.1, 0.15) is 26.7 Å². The number of carboxylic acids is 2. The Kier molecular flexibility index (Phi) is 12.1. The molecule has 0 radical (unpaired) electrons. The van der Waals surface area contributed by atoms with Crippen LogP contribution in [0.25, 0.3) is 0 Å². The second kappa shape index (κ2) is 10.3. The number of aliphatic carboxylic acids is 2. The third-order valence-corrected chi connectivity index (χ3v) is 1.23. The van der Waals surface area contributed by atoms with Gasteiger partial charge in [-0.3, -0.25) is 0 Å². The molecule has 0 aromatic carbocycles. The van der Waals surface area contributed by atoms with E-state index in [0.717, 1.165) is 6.42 Å². The molecule has 0 rings (SSSR count). The molecule has 0 amide bonds. The van der Waals surface area contributed by atoms with Crippen LogP contribution in [0.15, 0.2) is 0 Å². The Balaban J connectivity index is -0.000000218. The summed E-state index contributed by atoms with van der Waals surface area (Å²) in [5.74, 6) is -5.51. The average Bonchev–Trinajstić information content (AvgIpc) is 2.15. The molecular weight excluding hydrogens is 300 g/mol. The fourth-order valence-electron chi connectivity index (χ4n) is 0.455. The second-order valence-corrected chi connectivity index (χ2v) is 3.37. The maximum atomic E-state index is 10.6. The first kappa shape index (κ1) is 23.6. The Bertz CT molecular complexity index is 263. The molecule has 0 saturated carbocycles. The summed E-state index contributed by atoms with van der Waals surface area (Å²) in [5, 5.41) is 14.2. The van der Waals surface area contributed by atoms with Crippen LogP contribution < -0.4 is 5.73 Å². The van der Waals surface area contributed by atoms with Gasteiger partial charge in [-0.15, -0.1) is 0 Å². The van der Waals surface area contributed by atoms with E-state index in [9.17, 15) is 26.3 Å². The summed E-state index contributed by atoms with van der Waals surface area (Å²) >= 11 is 0. The monoisotopic (exact) mass is 315 g/mol. The van der Waals surface area contributed by atoms with Gasteiger partial charge in [-0.25, -0.2) is 9.59 Å². The minimum Gasteiger partial charge on any atom is -0.475 e. The van der Waals surface area contributed by atoms with Crippen molar-refractivity contribution in [3.8, 4) is 0 Å². The molecule has 5 nitrogen and oxygen atoms in total. The SMILES string of the molecule is CCCC(C)N.O=C(O)C(F)(F)F.O=C(O)C(F)(F)F. The summed E-state index contributed by atoms with van der Waals surface area (Å²) in [7, 11) is 0. The summed E-state index contributed by atoms with van der Waals surface area (Å²) < 4.78 is 63.5. The van der Waals surface area contributed by atoms with Crippen molar-refractivity contribution in [2.75, 3.05) is 0 Å². The van der Waals surface area contributed by atoms with Crippen molar-refractivity contribution in [2.45, 2.75) is 45.1 Å². The second-order valence-electron chi connectivity index (χ2n) is 3.37. The van der Waals surface area contributed by atoms with Crippen LogP contribution in [0.5, 0.6) is 0 Å². The lowest BCUT2D eigenvalue weighted by atomic mass is 10.2. The van der Waals surface area contributed by atoms with E-state index in [1.165, 1.54) is 6.42 Å². The molecule has 20 heavy (non-hydrogen) atoms. The molecule has 0 fully saturated rings. The lowest BCUT2D eigenvalue weighted by molar-refractivity contribution is -0.193. The van der Waals surface area contributed by atoms with E-state index < -0.39 is 24.3 Å². The van der Waals surface area contributed by atoms with Gasteiger partial charge in [0.1, 0.15) is 0 Å². The maximum Gasteiger partial charge on any atom is 0.490 e. The Morgan fingerprint density at radius 2 is 1.20 bits per heavy atom. The highest BCUT2D eigenvalue weighted by Gasteiger charge is 2.38. The average molecular weight is 315 g/mol. The van der Waals surface area contributed by atoms with Gasteiger partial charge in [-0.2, -0.15) is 26.3 Å². The summed E-state index contributed by atoms with van der Waals surface area (Å²) in [6.45, 7) is 4.17. The minimum atomic E-state index is -5.08. The summed E-state index contributed by atoms with van der Waals surface area (Å²) in [6.07, 6.45) is -7.81. The van der Waals surface area contributed by atoms with Crippen LogP contribution in [0.2, 0.25) is 0 Å². The molecule has 0 aliphatic heterocycles. The number of nitrogens with two attached hydrogens (primary N) is 1. The number of hydrogen-bond acceptors (Lipinski definition) is 3. The van der Waals surface area contributed by atoms with E-state index >= 15 is 0 Å². The minimum absolute atomic E-state index is 0.398. The molecular formula is C9H15F6NO4. The standard InChI is InChI=1S/C5H13N.2C2HF3O2/c1-3-4-5(2)6;2*3-2(4,5)1(6)7/h5H,3-4,6H2,1-2H3;2*(H,6,7). The Hall–Kier alpha value is -1.52. The van der Waals surface area contributed by atoms with Gasteiger partial charge in [-0.1, -0.05) is 13.3 Å². The fourth-order valence-corrected chi connectivity index (χ4v) is 0.455. The first-order chi connectivity index (χ1) is 8.66. The van der Waals surface area contributed by atoms with Gasteiger partial charge in [0.15, 0.2) is 0 Å². The molecule has 4 N–H and O–H groups in total. The quantitative estimate of drug-likeness (QED) is 0.679. The molecule has 0 aromatic heterocycles. The first-order valence-electron chi connectivity index (χ1n) is 5.02. The normalized spacial score (nSPS) is 12.2. The van der Waals surface area contributed by atoms with Crippen LogP contribution in [-0.4, -0.2) is 40.5 Å². The van der Waals surface area contributed by atoms with Crippen molar-refractivity contribution in [3.63, 3.8) is 0 Å². The van der Waals surface area contributed by atoms with Crippen molar-refractivity contribution < 1.29 is 46.1 Å². The predicted octanol–water partition coefficient (Wildman–Crippen LogP) is 2.40. The Morgan fingerprint density at radius 1 is 1.00 bits per heavy atom. The van der Waals surface area contributed by atoms with Crippen molar-refractivity contribution in [1.29, 1.82) is 0 Å². The number of carboxylic acid groups (broad SMARTS) is 2. The number of hydrogen-bond donors (Lipinski definition) is 3. The van der Waals surface area contributed by atoms with E-state index in [0.29, 0.717) is 6.04 Å². The Labute approximate surface area is 110 Å². The lowest BCUT2D eigenvalue weighted by Crippen LogP contribution is -2.21. The first-order valence-corrected chi connectivity index (χ1v) is 5.02. The highest BCUT2D eigenvalue weighted by atomic mass is 19.4.